The third-order valence-electron chi connectivity index (χ3n) is 5.49. The van der Waals surface area contributed by atoms with Gasteiger partial charge in [0.2, 0.25) is 17.7 Å². The van der Waals surface area contributed by atoms with Gasteiger partial charge in [0, 0.05) is 18.0 Å². The Morgan fingerprint density at radius 2 is 1.72 bits per heavy atom. The maximum Gasteiger partial charge on any atom is 0.247 e. The summed E-state index contributed by atoms with van der Waals surface area (Å²) in [5.41, 5.74) is 0.920. The third-order valence-corrected chi connectivity index (χ3v) is 5.49. The SMILES string of the molecule is O=C(C1CCCC1)N1CCCCCC1c1nnc(-c2ccccc2)o1. The van der Waals surface area contributed by atoms with Gasteiger partial charge in [-0.15, -0.1) is 10.2 Å². The Morgan fingerprint density at radius 3 is 2.52 bits per heavy atom. The van der Waals surface area contributed by atoms with Gasteiger partial charge in [0.05, 0.1) is 0 Å². The molecule has 2 heterocycles. The van der Waals surface area contributed by atoms with Crippen LogP contribution in [0.5, 0.6) is 0 Å². The van der Waals surface area contributed by atoms with E-state index in [1.807, 2.05) is 35.2 Å². The highest BCUT2D eigenvalue weighted by molar-refractivity contribution is 5.79. The van der Waals surface area contributed by atoms with Crippen molar-refractivity contribution in [2.75, 3.05) is 6.54 Å². The van der Waals surface area contributed by atoms with E-state index in [1.165, 1.54) is 12.8 Å². The predicted octanol–water partition coefficient (Wildman–Crippen LogP) is 4.37. The highest BCUT2D eigenvalue weighted by atomic mass is 16.4. The molecular formula is C20H25N3O2. The highest BCUT2D eigenvalue weighted by Gasteiger charge is 2.35. The lowest BCUT2D eigenvalue weighted by molar-refractivity contribution is -0.138. The molecule has 2 fully saturated rings. The first kappa shape index (κ1) is 16.3. The van der Waals surface area contributed by atoms with Crippen molar-refractivity contribution in [2.45, 2.75) is 57.4 Å². The number of carbonyl (C=O) groups excluding carboxylic acids is 1. The molecule has 1 aliphatic heterocycles. The van der Waals surface area contributed by atoms with E-state index in [9.17, 15) is 4.79 Å². The summed E-state index contributed by atoms with van der Waals surface area (Å²) in [6.45, 7) is 0.809. The Labute approximate surface area is 148 Å². The van der Waals surface area contributed by atoms with Gasteiger partial charge in [0.25, 0.3) is 0 Å². The molecule has 1 aromatic carbocycles. The molecule has 1 saturated heterocycles. The molecule has 1 saturated carbocycles. The Balaban J connectivity index is 1.59. The first-order chi connectivity index (χ1) is 12.3. The number of likely N-dealkylation sites (tertiary alicyclic amines) is 1. The minimum atomic E-state index is -0.0689. The number of benzene rings is 1. The van der Waals surface area contributed by atoms with E-state index in [0.717, 1.165) is 50.6 Å². The molecule has 0 radical (unpaired) electrons. The lowest BCUT2D eigenvalue weighted by Crippen LogP contribution is -2.38. The second-order valence-electron chi connectivity index (χ2n) is 7.19. The summed E-state index contributed by atoms with van der Waals surface area (Å²) < 4.78 is 5.99. The molecule has 1 amide bonds. The van der Waals surface area contributed by atoms with Gasteiger partial charge in [-0.25, -0.2) is 0 Å². The first-order valence-corrected chi connectivity index (χ1v) is 9.52. The average molecular weight is 339 g/mol. The van der Waals surface area contributed by atoms with E-state index in [-0.39, 0.29) is 12.0 Å². The summed E-state index contributed by atoms with van der Waals surface area (Å²) in [5, 5.41) is 8.54. The zero-order valence-electron chi connectivity index (χ0n) is 14.6. The van der Waals surface area contributed by atoms with Crippen molar-refractivity contribution < 1.29 is 9.21 Å². The fourth-order valence-corrected chi connectivity index (χ4v) is 4.10. The summed E-state index contributed by atoms with van der Waals surface area (Å²) >= 11 is 0. The summed E-state index contributed by atoms with van der Waals surface area (Å²) in [6, 6.07) is 9.74. The van der Waals surface area contributed by atoms with Crippen molar-refractivity contribution in [1.82, 2.24) is 15.1 Å². The minimum Gasteiger partial charge on any atom is -0.418 e. The lowest BCUT2D eigenvalue weighted by Gasteiger charge is -2.30. The van der Waals surface area contributed by atoms with Crippen molar-refractivity contribution in [1.29, 1.82) is 0 Å². The van der Waals surface area contributed by atoms with Gasteiger partial charge in [0.15, 0.2) is 0 Å². The fourth-order valence-electron chi connectivity index (χ4n) is 4.10. The molecule has 2 aromatic rings. The monoisotopic (exact) mass is 339 g/mol. The minimum absolute atomic E-state index is 0.0689. The smallest absolute Gasteiger partial charge is 0.247 e. The zero-order chi connectivity index (χ0) is 17.1. The van der Waals surface area contributed by atoms with Gasteiger partial charge in [-0.1, -0.05) is 43.9 Å². The number of nitrogens with zero attached hydrogens (tertiary/aromatic N) is 3. The van der Waals surface area contributed by atoms with E-state index in [0.29, 0.717) is 17.7 Å². The fraction of sp³-hybridized carbons (Fsp3) is 0.550. The Hall–Kier alpha value is -2.17. The number of hydrogen-bond acceptors (Lipinski definition) is 4. The van der Waals surface area contributed by atoms with Crippen LogP contribution in [0.15, 0.2) is 34.7 Å². The Kier molecular flexibility index (Phi) is 4.81. The normalized spacial score (nSPS) is 22.1. The quantitative estimate of drug-likeness (QED) is 0.833. The molecule has 5 nitrogen and oxygen atoms in total. The second kappa shape index (κ2) is 7.38. The van der Waals surface area contributed by atoms with E-state index in [2.05, 4.69) is 10.2 Å². The molecule has 25 heavy (non-hydrogen) atoms. The van der Waals surface area contributed by atoms with Gasteiger partial charge < -0.3 is 9.32 Å². The van der Waals surface area contributed by atoms with Crippen molar-refractivity contribution in [3.8, 4) is 11.5 Å². The van der Waals surface area contributed by atoms with Crippen LogP contribution < -0.4 is 0 Å². The molecule has 1 aliphatic carbocycles. The van der Waals surface area contributed by atoms with Crippen LogP contribution in [0, 0.1) is 5.92 Å². The molecule has 1 unspecified atom stereocenters. The van der Waals surface area contributed by atoms with Gasteiger partial charge in [-0.05, 0) is 37.8 Å². The molecule has 132 valence electrons. The second-order valence-corrected chi connectivity index (χ2v) is 7.19. The van der Waals surface area contributed by atoms with Crippen LogP contribution in [0.1, 0.15) is 63.3 Å². The maximum absolute atomic E-state index is 13.0. The van der Waals surface area contributed by atoms with Crippen LogP contribution in [-0.2, 0) is 4.79 Å². The summed E-state index contributed by atoms with van der Waals surface area (Å²) in [4.78, 5) is 15.1. The van der Waals surface area contributed by atoms with Crippen LogP contribution in [0.2, 0.25) is 0 Å². The third kappa shape index (κ3) is 3.46. The molecule has 0 bridgehead atoms. The molecule has 0 spiro atoms. The number of amides is 1. The number of aromatic nitrogens is 2. The molecule has 4 rings (SSSR count). The maximum atomic E-state index is 13.0. The summed E-state index contributed by atoms with van der Waals surface area (Å²) in [5.74, 6) is 1.61. The summed E-state index contributed by atoms with van der Waals surface area (Å²) in [7, 11) is 0. The van der Waals surface area contributed by atoms with Crippen molar-refractivity contribution in [3.05, 3.63) is 36.2 Å². The van der Waals surface area contributed by atoms with E-state index in [4.69, 9.17) is 4.42 Å². The molecule has 1 aromatic heterocycles. The van der Waals surface area contributed by atoms with Crippen molar-refractivity contribution in [2.24, 2.45) is 5.92 Å². The molecular weight excluding hydrogens is 314 g/mol. The predicted molar refractivity (Wildman–Crippen MR) is 94.6 cm³/mol. The lowest BCUT2D eigenvalue weighted by atomic mass is 10.0. The standard InChI is InChI=1S/C20H25N3O2/c24-20(16-11-6-7-12-16)23-14-8-2-5-13-17(23)19-22-21-18(25-19)15-9-3-1-4-10-15/h1,3-4,9-10,16-17H,2,5-8,11-14H2. The van der Waals surface area contributed by atoms with Crippen LogP contribution in [0.4, 0.5) is 0 Å². The van der Waals surface area contributed by atoms with Crippen molar-refractivity contribution in [3.63, 3.8) is 0 Å². The Morgan fingerprint density at radius 1 is 0.960 bits per heavy atom. The van der Waals surface area contributed by atoms with Crippen LogP contribution in [0.3, 0.4) is 0 Å². The first-order valence-electron chi connectivity index (χ1n) is 9.52. The van der Waals surface area contributed by atoms with Crippen molar-refractivity contribution >= 4 is 5.91 Å². The van der Waals surface area contributed by atoms with Gasteiger partial charge in [0.1, 0.15) is 6.04 Å². The Bertz CT molecular complexity index is 707. The molecule has 5 heteroatoms. The van der Waals surface area contributed by atoms with Crippen LogP contribution >= 0.6 is 0 Å². The molecule has 0 N–H and O–H groups in total. The number of carbonyl (C=O) groups is 1. The number of rotatable bonds is 3. The average Bonchev–Trinajstić information content (AvgIpc) is 3.30. The van der Waals surface area contributed by atoms with Crippen LogP contribution in [0.25, 0.3) is 11.5 Å². The van der Waals surface area contributed by atoms with Gasteiger partial charge in [-0.3, -0.25) is 4.79 Å². The largest absolute Gasteiger partial charge is 0.418 e. The number of hydrogen-bond donors (Lipinski definition) is 0. The topological polar surface area (TPSA) is 59.2 Å². The van der Waals surface area contributed by atoms with Gasteiger partial charge in [-0.2, -0.15) is 0 Å². The van der Waals surface area contributed by atoms with Crippen LogP contribution in [-0.4, -0.2) is 27.5 Å². The molecule has 2 aliphatic rings. The van der Waals surface area contributed by atoms with E-state index < -0.39 is 0 Å². The zero-order valence-corrected chi connectivity index (χ0v) is 14.6. The van der Waals surface area contributed by atoms with Gasteiger partial charge >= 0.3 is 0 Å². The molecule has 1 atom stereocenters. The van der Waals surface area contributed by atoms with E-state index in [1.54, 1.807) is 0 Å². The summed E-state index contributed by atoms with van der Waals surface area (Å²) in [6.07, 6.45) is 8.64. The highest BCUT2D eigenvalue weighted by Crippen LogP contribution is 2.35. The van der Waals surface area contributed by atoms with E-state index >= 15 is 0 Å².